The van der Waals surface area contributed by atoms with Crippen LogP contribution < -0.4 is 4.74 Å². The van der Waals surface area contributed by atoms with Crippen LogP contribution in [0.4, 0.5) is 0 Å². The Morgan fingerprint density at radius 2 is 2.04 bits per heavy atom. The summed E-state index contributed by atoms with van der Waals surface area (Å²) in [5.41, 5.74) is 1.05. The van der Waals surface area contributed by atoms with Gasteiger partial charge in [0.25, 0.3) is 0 Å². The summed E-state index contributed by atoms with van der Waals surface area (Å²) in [6, 6.07) is 8.83. The van der Waals surface area contributed by atoms with Gasteiger partial charge in [-0.2, -0.15) is 5.10 Å². The maximum Gasteiger partial charge on any atom is 0.148 e. The number of ether oxygens (including phenoxy) is 1. The number of piperidine rings is 1. The fourth-order valence-electron chi connectivity index (χ4n) is 4.10. The predicted octanol–water partition coefficient (Wildman–Crippen LogP) is 2.61. The Morgan fingerprint density at radius 3 is 2.70 bits per heavy atom. The number of hydrogen-bond acceptors (Lipinski definition) is 4. The van der Waals surface area contributed by atoms with Gasteiger partial charge in [-0.25, -0.2) is 9.67 Å². The number of methoxy groups -OCH3 is 1. The highest BCUT2D eigenvalue weighted by atomic mass is 16.5. The Hall–Kier alpha value is -1.88. The van der Waals surface area contributed by atoms with Crippen molar-refractivity contribution in [2.75, 3.05) is 20.2 Å². The molecule has 2 heterocycles. The van der Waals surface area contributed by atoms with Gasteiger partial charge in [0.1, 0.15) is 17.4 Å². The van der Waals surface area contributed by atoms with Crippen LogP contribution >= 0.6 is 0 Å². The van der Waals surface area contributed by atoms with Gasteiger partial charge in [-0.1, -0.05) is 0 Å². The zero-order valence-corrected chi connectivity index (χ0v) is 13.9. The smallest absolute Gasteiger partial charge is 0.148 e. The van der Waals surface area contributed by atoms with E-state index in [0.29, 0.717) is 0 Å². The Labute approximate surface area is 137 Å². The van der Waals surface area contributed by atoms with E-state index in [-0.39, 0.29) is 0 Å². The molecule has 4 rings (SSSR count). The highest BCUT2D eigenvalue weighted by molar-refractivity contribution is 5.37. The van der Waals surface area contributed by atoms with Crippen molar-refractivity contribution < 1.29 is 4.74 Å². The normalized spacial score (nSPS) is 23.6. The van der Waals surface area contributed by atoms with Gasteiger partial charge in [-0.3, -0.25) is 4.90 Å². The first-order chi connectivity index (χ1) is 11.2. The molecule has 0 spiro atoms. The first kappa shape index (κ1) is 14.7. The molecule has 2 fully saturated rings. The van der Waals surface area contributed by atoms with Gasteiger partial charge in [0.05, 0.1) is 12.8 Å². The monoisotopic (exact) mass is 312 g/mol. The average molecular weight is 312 g/mol. The van der Waals surface area contributed by atoms with E-state index in [1.165, 1.54) is 25.8 Å². The molecular weight excluding hydrogens is 288 g/mol. The van der Waals surface area contributed by atoms with Crippen LogP contribution in [0.5, 0.6) is 5.75 Å². The number of likely N-dealkylation sites (tertiary alicyclic amines) is 1. The SMILES string of the molecule is COc1ccc(-n2nc(C)nc2CCN2C[C@H]3CC[C@H]2C3)cc1. The van der Waals surface area contributed by atoms with E-state index in [1.54, 1.807) is 7.11 Å². The van der Waals surface area contributed by atoms with Crippen molar-refractivity contribution in [1.29, 1.82) is 0 Å². The van der Waals surface area contributed by atoms with Crippen molar-refractivity contribution >= 4 is 0 Å². The van der Waals surface area contributed by atoms with Gasteiger partial charge in [-0.15, -0.1) is 0 Å². The summed E-state index contributed by atoms with van der Waals surface area (Å²) in [6.07, 6.45) is 5.18. The molecule has 1 saturated carbocycles. The largest absolute Gasteiger partial charge is 0.497 e. The van der Waals surface area contributed by atoms with Crippen molar-refractivity contribution in [1.82, 2.24) is 19.7 Å². The quantitative estimate of drug-likeness (QED) is 0.851. The standard InChI is InChI=1S/C18H24N4O/c1-13-19-18(9-10-21-12-14-3-4-16(21)11-14)22(20-13)15-5-7-17(23-2)8-6-15/h5-8,14,16H,3-4,9-12H2,1-2H3/t14-,16-/m0/s1. The fourth-order valence-corrected chi connectivity index (χ4v) is 4.10. The minimum absolute atomic E-state index is 0.818. The van der Waals surface area contributed by atoms with E-state index >= 15 is 0 Å². The molecule has 2 atom stereocenters. The lowest BCUT2D eigenvalue weighted by Gasteiger charge is -2.26. The zero-order chi connectivity index (χ0) is 15.8. The molecule has 1 aromatic carbocycles. The van der Waals surface area contributed by atoms with Gasteiger partial charge in [0, 0.05) is 25.6 Å². The van der Waals surface area contributed by atoms with Crippen molar-refractivity contribution in [3.63, 3.8) is 0 Å². The van der Waals surface area contributed by atoms with Crippen LogP contribution in [-0.4, -0.2) is 45.9 Å². The molecule has 5 heteroatoms. The Morgan fingerprint density at radius 1 is 1.22 bits per heavy atom. The molecule has 5 nitrogen and oxygen atoms in total. The van der Waals surface area contributed by atoms with Crippen LogP contribution in [0.1, 0.15) is 30.9 Å². The van der Waals surface area contributed by atoms with Crippen LogP contribution in [0.25, 0.3) is 5.69 Å². The summed E-state index contributed by atoms with van der Waals surface area (Å²) in [5, 5.41) is 4.58. The third kappa shape index (κ3) is 2.85. The summed E-state index contributed by atoms with van der Waals surface area (Å²) in [7, 11) is 1.68. The van der Waals surface area contributed by atoms with Gasteiger partial charge >= 0.3 is 0 Å². The predicted molar refractivity (Wildman–Crippen MR) is 89.1 cm³/mol. The van der Waals surface area contributed by atoms with Crippen LogP contribution in [-0.2, 0) is 6.42 Å². The van der Waals surface area contributed by atoms with Crippen LogP contribution in [0, 0.1) is 12.8 Å². The molecule has 122 valence electrons. The topological polar surface area (TPSA) is 43.2 Å². The highest BCUT2D eigenvalue weighted by Crippen LogP contribution is 2.37. The first-order valence-electron chi connectivity index (χ1n) is 8.54. The summed E-state index contributed by atoms with van der Waals surface area (Å²) >= 11 is 0. The molecule has 1 aliphatic heterocycles. The fraction of sp³-hybridized carbons (Fsp3) is 0.556. The molecule has 23 heavy (non-hydrogen) atoms. The van der Waals surface area contributed by atoms with Crippen molar-refractivity contribution in [2.45, 2.75) is 38.6 Å². The number of aryl methyl sites for hydroxylation is 1. The summed E-state index contributed by atoms with van der Waals surface area (Å²) in [4.78, 5) is 7.30. The lowest BCUT2D eigenvalue weighted by molar-refractivity contribution is 0.214. The van der Waals surface area contributed by atoms with Gasteiger partial charge in [0.2, 0.25) is 0 Å². The molecule has 1 saturated heterocycles. The summed E-state index contributed by atoms with van der Waals surface area (Å²) < 4.78 is 7.21. The van der Waals surface area contributed by atoms with Crippen molar-refractivity contribution in [2.24, 2.45) is 5.92 Å². The maximum absolute atomic E-state index is 5.23. The summed E-state index contributed by atoms with van der Waals surface area (Å²) in [6.45, 7) is 4.33. The second-order valence-corrected chi connectivity index (χ2v) is 6.76. The first-order valence-corrected chi connectivity index (χ1v) is 8.54. The zero-order valence-electron chi connectivity index (χ0n) is 13.9. The molecule has 0 amide bonds. The number of nitrogens with zero attached hydrogens (tertiary/aromatic N) is 4. The van der Waals surface area contributed by atoms with E-state index in [0.717, 1.165) is 48.0 Å². The maximum atomic E-state index is 5.23. The van der Waals surface area contributed by atoms with Crippen molar-refractivity contribution in [3.8, 4) is 11.4 Å². The molecular formula is C18H24N4O. The van der Waals surface area contributed by atoms with Crippen LogP contribution in [0.15, 0.2) is 24.3 Å². The highest BCUT2D eigenvalue weighted by Gasteiger charge is 2.37. The van der Waals surface area contributed by atoms with Gasteiger partial charge in [0.15, 0.2) is 0 Å². The van der Waals surface area contributed by atoms with Crippen LogP contribution in [0.3, 0.4) is 0 Å². The number of rotatable bonds is 5. The second kappa shape index (κ2) is 5.96. The third-order valence-electron chi connectivity index (χ3n) is 5.24. The van der Waals surface area contributed by atoms with E-state index in [9.17, 15) is 0 Å². The number of benzene rings is 1. The number of fused-ring (bicyclic) bond motifs is 2. The van der Waals surface area contributed by atoms with E-state index in [1.807, 2.05) is 35.9 Å². The lowest BCUT2D eigenvalue weighted by Crippen LogP contribution is -2.34. The third-order valence-corrected chi connectivity index (χ3v) is 5.24. The van der Waals surface area contributed by atoms with E-state index in [2.05, 4.69) is 15.0 Å². The second-order valence-electron chi connectivity index (χ2n) is 6.76. The molecule has 2 aromatic rings. The molecule has 2 bridgehead atoms. The molecule has 1 aromatic heterocycles. The Balaban J connectivity index is 1.50. The number of aromatic nitrogens is 3. The van der Waals surface area contributed by atoms with Crippen LogP contribution in [0.2, 0.25) is 0 Å². The lowest BCUT2D eigenvalue weighted by atomic mass is 10.1. The summed E-state index contributed by atoms with van der Waals surface area (Å²) in [5.74, 6) is 3.69. The van der Waals surface area contributed by atoms with Crippen molar-refractivity contribution in [3.05, 3.63) is 35.9 Å². The molecule has 2 aliphatic rings. The van der Waals surface area contributed by atoms with E-state index < -0.39 is 0 Å². The Kier molecular flexibility index (Phi) is 3.81. The molecule has 0 unspecified atom stereocenters. The molecule has 1 aliphatic carbocycles. The Bertz CT molecular complexity index is 679. The number of hydrogen-bond donors (Lipinski definition) is 0. The van der Waals surface area contributed by atoms with E-state index in [4.69, 9.17) is 4.74 Å². The molecule has 0 N–H and O–H groups in total. The van der Waals surface area contributed by atoms with Gasteiger partial charge < -0.3 is 4.74 Å². The van der Waals surface area contributed by atoms with Gasteiger partial charge in [-0.05, 0) is 56.4 Å². The molecule has 0 radical (unpaired) electrons. The average Bonchev–Trinajstić information content (AvgIpc) is 3.28. The minimum Gasteiger partial charge on any atom is -0.497 e. The minimum atomic E-state index is 0.818.